The minimum Gasteiger partial charge on any atom is -0.369 e. The Morgan fingerprint density at radius 2 is 1.90 bits per heavy atom. The summed E-state index contributed by atoms with van der Waals surface area (Å²) in [6, 6.07) is 9.34. The first-order valence-corrected chi connectivity index (χ1v) is 6.98. The molecule has 3 atom stereocenters. The van der Waals surface area contributed by atoms with E-state index in [9.17, 15) is 9.59 Å². The molecule has 108 valence electrons. The van der Waals surface area contributed by atoms with E-state index in [0.29, 0.717) is 13.1 Å². The van der Waals surface area contributed by atoms with E-state index >= 15 is 0 Å². The van der Waals surface area contributed by atoms with Crippen LogP contribution in [0.5, 0.6) is 0 Å². The second-order valence-electron chi connectivity index (χ2n) is 5.61. The van der Waals surface area contributed by atoms with Crippen molar-refractivity contribution in [1.82, 2.24) is 0 Å². The van der Waals surface area contributed by atoms with Crippen LogP contribution in [0.2, 0.25) is 0 Å². The van der Waals surface area contributed by atoms with Gasteiger partial charge in [0, 0.05) is 5.56 Å². The summed E-state index contributed by atoms with van der Waals surface area (Å²) in [6.07, 6.45) is 1.53. The fourth-order valence-electron chi connectivity index (χ4n) is 3.19. The molecule has 1 aliphatic rings. The summed E-state index contributed by atoms with van der Waals surface area (Å²) in [5, 5.41) is 0. The summed E-state index contributed by atoms with van der Waals surface area (Å²) in [7, 11) is 0. The van der Waals surface area contributed by atoms with Crippen LogP contribution in [0.3, 0.4) is 0 Å². The Bertz CT molecular complexity index is 503. The van der Waals surface area contributed by atoms with Crippen LogP contribution in [0, 0.1) is 5.92 Å². The second kappa shape index (κ2) is 5.63. The zero-order valence-electron chi connectivity index (χ0n) is 11.8. The number of carbonyl (C=O) groups excluding carboxylic acids is 2. The number of primary amides is 2. The number of benzene rings is 1. The van der Waals surface area contributed by atoms with Gasteiger partial charge >= 0.3 is 6.03 Å². The van der Waals surface area contributed by atoms with Gasteiger partial charge in [-0.2, -0.15) is 0 Å². The zero-order chi connectivity index (χ0) is 14.8. The molecule has 2 rings (SSSR count). The molecule has 0 saturated carbocycles. The Balaban J connectivity index is 2.35. The second-order valence-corrected chi connectivity index (χ2v) is 5.61. The first kappa shape index (κ1) is 14.5. The molecule has 0 spiro atoms. The lowest BCUT2D eigenvalue weighted by Gasteiger charge is -2.44. The molecule has 2 unspecified atom stereocenters. The third-order valence-electron chi connectivity index (χ3n) is 4.52. The van der Waals surface area contributed by atoms with Crippen LogP contribution in [-0.4, -0.2) is 29.5 Å². The zero-order valence-corrected chi connectivity index (χ0v) is 11.8. The highest BCUT2D eigenvalue weighted by Gasteiger charge is 2.46. The normalized spacial score (nSPS) is 27.8. The van der Waals surface area contributed by atoms with Crippen molar-refractivity contribution >= 4 is 11.9 Å². The SMILES string of the molecule is C[C@H](c1ccccc1)[N+]1(C(N)=O)CCCC(C(N)=O)C1. The molecule has 4 N–H and O–H groups in total. The summed E-state index contributed by atoms with van der Waals surface area (Å²) in [6.45, 7) is 3.05. The van der Waals surface area contributed by atoms with E-state index in [0.717, 1.165) is 18.4 Å². The van der Waals surface area contributed by atoms with Gasteiger partial charge in [-0.25, -0.2) is 9.28 Å². The lowest BCUT2D eigenvalue weighted by atomic mass is 9.91. The number of amides is 3. The van der Waals surface area contributed by atoms with Gasteiger partial charge in [0.05, 0.1) is 19.0 Å². The monoisotopic (exact) mass is 276 g/mol. The minimum atomic E-state index is -0.382. The van der Waals surface area contributed by atoms with E-state index in [-0.39, 0.29) is 28.4 Å². The average molecular weight is 276 g/mol. The number of likely N-dealkylation sites (tertiary alicyclic amines) is 1. The molecule has 1 aliphatic heterocycles. The molecule has 1 aromatic carbocycles. The Kier molecular flexibility index (Phi) is 4.09. The summed E-state index contributed by atoms with van der Waals surface area (Å²) in [5.74, 6) is -0.615. The maximum atomic E-state index is 12.1. The third kappa shape index (κ3) is 2.54. The van der Waals surface area contributed by atoms with Crippen LogP contribution in [0.1, 0.15) is 31.4 Å². The van der Waals surface area contributed by atoms with E-state index in [1.54, 1.807) is 0 Å². The van der Waals surface area contributed by atoms with Crippen LogP contribution >= 0.6 is 0 Å². The van der Waals surface area contributed by atoms with Crippen molar-refractivity contribution in [2.24, 2.45) is 17.4 Å². The fourth-order valence-corrected chi connectivity index (χ4v) is 3.19. The van der Waals surface area contributed by atoms with Crippen molar-refractivity contribution in [1.29, 1.82) is 0 Å². The van der Waals surface area contributed by atoms with Crippen LogP contribution in [0.25, 0.3) is 0 Å². The Hall–Kier alpha value is -1.88. The van der Waals surface area contributed by atoms with Crippen molar-refractivity contribution in [2.45, 2.75) is 25.8 Å². The van der Waals surface area contributed by atoms with Crippen LogP contribution in [-0.2, 0) is 4.79 Å². The van der Waals surface area contributed by atoms with E-state index in [1.807, 2.05) is 37.3 Å². The number of nitrogens with two attached hydrogens (primary N) is 2. The van der Waals surface area contributed by atoms with Gasteiger partial charge in [0.25, 0.3) is 0 Å². The van der Waals surface area contributed by atoms with Crippen LogP contribution < -0.4 is 11.5 Å². The number of carbonyl (C=O) groups is 2. The van der Waals surface area contributed by atoms with Gasteiger partial charge in [-0.15, -0.1) is 0 Å². The fraction of sp³-hybridized carbons (Fsp3) is 0.467. The van der Waals surface area contributed by atoms with Gasteiger partial charge in [-0.05, 0) is 19.8 Å². The van der Waals surface area contributed by atoms with E-state index < -0.39 is 0 Å². The highest BCUT2D eigenvalue weighted by Crippen LogP contribution is 2.34. The molecule has 0 aromatic heterocycles. The molecule has 5 heteroatoms. The Morgan fingerprint density at radius 3 is 2.45 bits per heavy atom. The van der Waals surface area contributed by atoms with E-state index in [1.165, 1.54) is 0 Å². The highest BCUT2D eigenvalue weighted by atomic mass is 16.2. The molecule has 20 heavy (non-hydrogen) atoms. The standard InChI is InChI=1S/C15H21N3O2/c1-11(12-6-3-2-4-7-12)18(15(17)20)9-5-8-13(10-18)14(16)19/h2-4,6-7,11,13H,5,8-10H2,1H3,(H3-,16,17,19,20)/p+1/t11-,13?,18?/m1/s1. The van der Waals surface area contributed by atoms with E-state index in [2.05, 4.69) is 0 Å². The number of piperidine rings is 1. The van der Waals surface area contributed by atoms with Gasteiger partial charge in [0.15, 0.2) is 0 Å². The molecule has 1 heterocycles. The van der Waals surface area contributed by atoms with Crippen molar-refractivity contribution in [3.63, 3.8) is 0 Å². The van der Waals surface area contributed by atoms with E-state index in [4.69, 9.17) is 11.5 Å². The van der Waals surface area contributed by atoms with Gasteiger partial charge in [-0.1, -0.05) is 30.3 Å². The molecule has 0 aliphatic carbocycles. The summed E-state index contributed by atoms with van der Waals surface area (Å²) >= 11 is 0. The number of urea groups is 1. The molecule has 1 aromatic rings. The summed E-state index contributed by atoms with van der Waals surface area (Å²) in [5.41, 5.74) is 12.2. The van der Waals surface area contributed by atoms with Gasteiger partial charge in [0.1, 0.15) is 6.04 Å². The minimum absolute atomic E-state index is 0.0733. The molecule has 1 saturated heterocycles. The molecule has 1 fully saturated rings. The van der Waals surface area contributed by atoms with Crippen molar-refractivity contribution in [2.75, 3.05) is 13.1 Å². The maximum Gasteiger partial charge on any atom is 0.414 e. The highest BCUT2D eigenvalue weighted by molar-refractivity contribution is 5.77. The molecular weight excluding hydrogens is 254 g/mol. The largest absolute Gasteiger partial charge is 0.414 e. The molecule has 5 nitrogen and oxygen atoms in total. The lowest BCUT2D eigenvalue weighted by molar-refractivity contribution is -0.886. The van der Waals surface area contributed by atoms with Crippen molar-refractivity contribution in [3.05, 3.63) is 35.9 Å². The smallest absolute Gasteiger partial charge is 0.369 e. The van der Waals surface area contributed by atoms with Crippen molar-refractivity contribution < 1.29 is 14.1 Å². The average Bonchev–Trinajstić information content (AvgIpc) is 2.47. The predicted octanol–water partition coefficient (Wildman–Crippen LogP) is 1.54. The number of quaternary nitrogens is 1. The number of rotatable bonds is 3. The quantitative estimate of drug-likeness (QED) is 0.820. The van der Waals surface area contributed by atoms with Crippen LogP contribution in [0.15, 0.2) is 30.3 Å². The summed E-state index contributed by atoms with van der Waals surface area (Å²) in [4.78, 5) is 23.6. The number of hydrogen-bond donors (Lipinski definition) is 2. The topological polar surface area (TPSA) is 86.2 Å². The molecule has 0 radical (unpaired) electrons. The van der Waals surface area contributed by atoms with Crippen LogP contribution in [0.4, 0.5) is 4.79 Å². The molecular formula is C15H22N3O2+. The first-order valence-electron chi connectivity index (χ1n) is 6.98. The van der Waals surface area contributed by atoms with Crippen molar-refractivity contribution in [3.8, 4) is 0 Å². The lowest BCUT2D eigenvalue weighted by Crippen LogP contribution is -2.62. The van der Waals surface area contributed by atoms with Gasteiger partial charge in [0.2, 0.25) is 5.91 Å². The Morgan fingerprint density at radius 1 is 1.25 bits per heavy atom. The summed E-state index contributed by atoms with van der Waals surface area (Å²) < 4.78 is 0.109. The molecule has 0 bridgehead atoms. The van der Waals surface area contributed by atoms with Gasteiger partial charge < -0.3 is 11.5 Å². The Labute approximate surface area is 119 Å². The first-order chi connectivity index (χ1) is 9.47. The number of nitrogens with zero attached hydrogens (tertiary/aromatic N) is 1. The predicted molar refractivity (Wildman–Crippen MR) is 76.4 cm³/mol. The molecule has 3 amide bonds. The van der Waals surface area contributed by atoms with Gasteiger partial charge in [-0.3, -0.25) is 4.79 Å². The third-order valence-corrected chi connectivity index (χ3v) is 4.52. The maximum absolute atomic E-state index is 12.1. The number of hydrogen-bond acceptors (Lipinski definition) is 2.